The highest BCUT2D eigenvalue weighted by atomic mass is 35.5. The molecule has 634 valence electrons. The third-order valence-electron chi connectivity index (χ3n) is 18.6. The van der Waals surface area contributed by atoms with Crippen molar-refractivity contribution in [3.05, 3.63) is 23.4 Å². The zero-order valence-corrected chi connectivity index (χ0v) is 68.2. The summed E-state index contributed by atoms with van der Waals surface area (Å²) in [5.41, 5.74) is 9.16. The van der Waals surface area contributed by atoms with Crippen LogP contribution >= 0.6 is 12.4 Å². The van der Waals surface area contributed by atoms with E-state index in [2.05, 4.69) is 41.2 Å². The van der Waals surface area contributed by atoms with E-state index in [-0.39, 0.29) is 98.8 Å². The Morgan fingerprint density at radius 3 is 1.08 bits per heavy atom. The van der Waals surface area contributed by atoms with Gasteiger partial charge in [-0.05, 0) is 109 Å². The summed E-state index contributed by atoms with van der Waals surface area (Å²) in [6, 6.07) is -6.04. The van der Waals surface area contributed by atoms with E-state index in [1.165, 1.54) is 14.7 Å². The van der Waals surface area contributed by atoms with Gasteiger partial charge in [-0.15, -0.1) is 12.4 Å². The van der Waals surface area contributed by atoms with Gasteiger partial charge in [0.25, 0.3) is 0 Å². The molecule has 8 atom stereocenters. The molecule has 0 saturated carbocycles. The fourth-order valence-electron chi connectivity index (χ4n) is 12.9. The van der Waals surface area contributed by atoms with Crippen molar-refractivity contribution in [2.75, 3.05) is 159 Å². The van der Waals surface area contributed by atoms with Gasteiger partial charge in [0.1, 0.15) is 64.9 Å². The second-order valence-corrected chi connectivity index (χ2v) is 30.9. The number of nitrogens with one attached hydrogen (secondary N) is 3. The number of aromatic nitrogens is 4. The maximum absolute atomic E-state index is 13.3. The van der Waals surface area contributed by atoms with Crippen LogP contribution in [-0.4, -0.2) is 366 Å². The monoisotopic (exact) mass is 1620 g/mol. The number of ether oxygens (including phenoxy) is 8. The average molecular weight is 1620 g/mol. The molecule has 41 nitrogen and oxygen atoms in total. The van der Waals surface area contributed by atoms with Gasteiger partial charge in [-0.1, -0.05) is 10.3 Å². The van der Waals surface area contributed by atoms with E-state index in [4.69, 9.17) is 58.4 Å². The fourth-order valence-corrected chi connectivity index (χ4v) is 12.9. The van der Waals surface area contributed by atoms with Crippen molar-refractivity contribution in [1.29, 1.82) is 0 Å². The second kappa shape index (κ2) is 42.9. The van der Waals surface area contributed by atoms with Gasteiger partial charge in [-0.25, -0.2) is 19.4 Å². The Balaban J connectivity index is 0.000000235. The van der Waals surface area contributed by atoms with Crippen molar-refractivity contribution in [2.45, 2.75) is 193 Å². The van der Waals surface area contributed by atoms with Crippen LogP contribution in [0.15, 0.2) is 14.0 Å². The molecule has 10 rings (SSSR count). The number of carbonyl (C=O) groups is 12. The summed E-state index contributed by atoms with van der Waals surface area (Å²) in [5.74, 6) is -0.479. The molecule has 10 heterocycles. The molecule has 7 N–H and O–H groups in total. The highest BCUT2D eigenvalue weighted by Crippen LogP contribution is 2.26. The quantitative estimate of drug-likeness (QED) is 0.0455. The number of aliphatic imine (C=N–C) groups is 1. The minimum atomic E-state index is -0.989. The smallest absolute Gasteiger partial charge is 0.408 e. The number of amides is 12. The van der Waals surface area contributed by atoms with Crippen molar-refractivity contribution >= 4 is 89.7 Å². The third-order valence-corrected chi connectivity index (χ3v) is 18.6. The fraction of sp³-hybridized carbons (Fsp3) is 0.761. The number of hydrogen-bond acceptors (Lipinski definition) is 28. The summed E-state index contributed by atoms with van der Waals surface area (Å²) in [5, 5.41) is 15.3. The maximum atomic E-state index is 13.3. The Morgan fingerprint density at radius 1 is 0.487 bits per heavy atom. The Kier molecular flexibility index (Phi) is 35.3. The first-order valence-corrected chi connectivity index (χ1v) is 37.9. The van der Waals surface area contributed by atoms with Crippen molar-refractivity contribution in [1.82, 2.24) is 80.3 Å². The van der Waals surface area contributed by atoms with E-state index < -0.39 is 95.2 Å². The van der Waals surface area contributed by atoms with Crippen molar-refractivity contribution in [3.8, 4) is 0 Å². The first kappa shape index (κ1) is 92.9. The highest BCUT2D eigenvalue weighted by molar-refractivity contribution is 5.99. The molecule has 8 saturated heterocycles. The summed E-state index contributed by atoms with van der Waals surface area (Å²) < 4.78 is 52.4. The van der Waals surface area contributed by atoms with Crippen molar-refractivity contribution < 1.29 is 104 Å². The normalized spacial score (nSPS) is 21.4. The Hall–Kier alpha value is -9.00. The third kappa shape index (κ3) is 28.5. The van der Waals surface area contributed by atoms with Crippen LogP contribution in [0.4, 0.5) is 14.4 Å². The minimum absolute atomic E-state index is 0. The molecule has 0 aliphatic carbocycles. The van der Waals surface area contributed by atoms with Crippen LogP contribution in [0.1, 0.15) is 125 Å². The number of likely N-dealkylation sites (tertiary alicyclic amines) is 4. The standard InChI is InChI=1S/C21H35N5O6.C19H29N5O6.C17H30N4O6.C14H21N5O4.ClH/c1-14(24(5)6)22-17(27)13-16(19(29)25-9-11-31-12-10-25)26-8-7-15(18(26)28)23-20(30)32-21(2,3)4;1-12-20-15(30-22-12)11-14(17(26)23-7-9-28-10-8-23)24-6-5-13(16(24)25)21-18(27)29-19(2,3)4;1-17(2,3)27-16(24)19-12-4-5-21(14(12)22)13(10-26-11-18)15(23)20-6-8-25-9-7-20;1-9-16-12(23-17-9)8-11(19-3-2-10(15)13(19)20)14(21)18-4-6-22-7-5-18;/h15-16H,7-13H2,1-6H3,(H,23,30);13-14H,5-11H2,1-4H3,(H,21,27);12-13H,4-11,18H2,1-3H3,(H,19,24);10-11H,2-8,15H2,1H3;1H/t15-,16-;13-,14-;12-,13-;10-,11-;/m0000./s1. The van der Waals surface area contributed by atoms with E-state index in [1.807, 2.05) is 0 Å². The zero-order chi connectivity index (χ0) is 82.4. The number of nitrogens with two attached hydrogens (primary N) is 2. The maximum Gasteiger partial charge on any atom is 0.408 e. The number of nitrogens with zero attached hydrogens (tertiary/aromatic N) is 14. The van der Waals surface area contributed by atoms with Crippen LogP contribution in [0.5, 0.6) is 0 Å². The molecule has 2 aromatic heterocycles. The summed E-state index contributed by atoms with van der Waals surface area (Å²) in [7, 11) is 3.53. The number of carbonyl (C=O) groups excluding carboxylic acids is 12. The van der Waals surface area contributed by atoms with E-state index in [0.717, 1.165) is 0 Å². The summed E-state index contributed by atoms with van der Waals surface area (Å²) in [4.78, 5) is 179. The second-order valence-electron chi connectivity index (χ2n) is 30.9. The van der Waals surface area contributed by atoms with Gasteiger partial charge in [0.2, 0.25) is 64.9 Å². The summed E-state index contributed by atoms with van der Waals surface area (Å²) in [6.45, 7) is 29.5. The molecule has 0 unspecified atom stereocenters. The van der Waals surface area contributed by atoms with Gasteiger partial charge in [-0.2, -0.15) is 9.97 Å². The predicted octanol–water partition coefficient (Wildman–Crippen LogP) is -1.09. The Bertz CT molecular complexity index is 3580. The molecule has 8 aliphatic heterocycles. The molecule has 42 heteroatoms. The number of hydrogen-bond donors (Lipinski definition) is 5. The lowest BCUT2D eigenvalue weighted by atomic mass is 10.1. The SMILES string of the molecule is CC(=NC(=O)C[C@@H](C(=O)N1CCOCC1)N1CC[C@H](NC(=O)OC(C)(C)C)C1=O)N(C)C.CC(C)(C)OC(=O)N[C@H]1CCN([C@@H](COCN)C(=O)N2CCOCC2)C1=O.Cc1noc(C[C@@H](C(=O)N2CCOCC2)N2CC[C@H](N)C2=O)n1.Cc1noc(C[C@@H](C(=O)N2CCOCC2)N2CC[C@H](NC(=O)OC(C)(C)C)C2=O)n1.Cl. The minimum Gasteiger partial charge on any atom is -0.444 e. The molecule has 113 heavy (non-hydrogen) atoms. The molecule has 12 amide bonds. The van der Waals surface area contributed by atoms with Crippen LogP contribution in [0.2, 0.25) is 0 Å². The van der Waals surface area contributed by atoms with E-state index in [0.29, 0.717) is 174 Å². The Morgan fingerprint density at radius 2 is 0.788 bits per heavy atom. The molecule has 0 radical (unpaired) electrons. The average Bonchev–Trinajstić information content (AvgIpc) is 1.71. The van der Waals surface area contributed by atoms with Crippen LogP contribution in [0.25, 0.3) is 0 Å². The summed E-state index contributed by atoms with van der Waals surface area (Å²) in [6.07, 6.45) is -0.280. The van der Waals surface area contributed by atoms with Gasteiger partial charge in [-0.3, -0.25) is 43.2 Å². The first-order valence-electron chi connectivity index (χ1n) is 37.9. The van der Waals surface area contributed by atoms with Gasteiger partial charge < -0.3 is 118 Å². The molecule has 0 bridgehead atoms. The lowest BCUT2D eigenvalue weighted by molar-refractivity contribution is -0.149. The summed E-state index contributed by atoms with van der Waals surface area (Å²) >= 11 is 0. The van der Waals surface area contributed by atoms with Gasteiger partial charge in [0.05, 0.1) is 91.5 Å². The number of halogens is 1. The van der Waals surface area contributed by atoms with E-state index in [9.17, 15) is 57.5 Å². The van der Waals surface area contributed by atoms with Gasteiger partial charge in [0, 0.05) is 92.6 Å². The van der Waals surface area contributed by atoms with E-state index in [1.54, 1.807) is 127 Å². The number of aryl methyl sites for hydroxylation is 2. The van der Waals surface area contributed by atoms with Crippen LogP contribution in [0, 0.1) is 13.8 Å². The highest BCUT2D eigenvalue weighted by Gasteiger charge is 2.47. The lowest BCUT2D eigenvalue weighted by Crippen LogP contribution is -2.55. The van der Waals surface area contributed by atoms with Crippen molar-refractivity contribution in [3.63, 3.8) is 0 Å². The molecular formula is C71H116ClN19O22. The molecule has 8 aliphatic rings. The molecular weight excluding hydrogens is 1510 g/mol. The van der Waals surface area contributed by atoms with Crippen LogP contribution in [0.3, 0.4) is 0 Å². The van der Waals surface area contributed by atoms with Crippen LogP contribution < -0.4 is 27.4 Å². The van der Waals surface area contributed by atoms with E-state index >= 15 is 0 Å². The zero-order valence-electron chi connectivity index (χ0n) is 67.4. The largest absolute Gasteiger partial charge is 0.444 e. The van der Waals surface area contributed by atoms with Gasteiger partial charge in [0.15, 0.2) is 11.6 Å². The topological polar surface area (TPSA) is 486 Å². The number of amidine groups is 1. The Labute approximate surface area is 663 Å². The first-order chi connectivity index (χ1) is 52.8. The van der Waals surface area contributed by atoms with Crippen LogP contribution in [-0.2, 0) is 93.9 Å². The number of morpholine rings is 4. The van der Waals surface area contributed by atoms with Crippen molar-refractivity contribution in [2.24, 2.45) is 16.5 Å². The van der Waals surface area contributed by atoms with Gasteiger partial charge >= 0.3 is 18.3 Å². The molecule has 0 aromatic carbocycles. The number of rotatable bonds is 20. The lowest BCUT2D eigenvalue weighted by Gasteiger charge is -2.34. The molecule has 2 aromatic rings. The number of alkyl carbamates (subject to hydrolysis) is 3. The molecule has 8 fully saturated rings. The molecule has 0 spiro atoms. The predicted molar refractivity (Wildman–Crippen MR) is 402 cm³/mol.